The minimum Gasteiger partial charge on any atom is -0.497 e. The fourth-order valence-electron chi connectivity index (χ4n) is 7.15. The van der Waals surface area contributed by atoms with E-state index in [1.54, 1.807) is 18.1 Å². The molecular formula is C33H43N5O5S. The Kier molecular flexibility index (Phi) is 8.47. The Balaban J connectivity index is 1.58. The van der Waals surface area contributed by atoms with Crippen molar-refractivity contribution in [3.8, 4) is 17.0 Å². The molecule has 3 heterocycles. The van der Waals surface area contributed by atoms with Crippen LogP contribution in [0.3, 0.4) is 0 Å². The Morgan fingerprint density at radius 1 is 0.886 bits per heavy atom. The van der Waals surface area contributed by atoms with Crippen LogP contribution in [-0.4, -0.2) is 93.3 Å². The Morgan fingerprint density at radius 3 is 2.39 bits per heavy atom. The zero-order valence-corrected chi connectivity index (χ0v) is 27.0. The number of benzene rings is 2. The van der Waals surface area contributed by atoms with Crippen LogP contribution >= 0.6 is 0 Å². The zero-order valence-electron chi connectivity index (χ0n) is 26.1. The third-order valence-corrected chi connectivity index (χ3v) is 11.2. The second-order valence-corrected chi connectivity index (χ2v) is 14.5. The first kappa shape index (κ1) is 30.6. The fraction of sp³-hybridized carbons (Fsp3) is 0.515. The summed E-state index contributed by atoms with van der Waals surface area (Å²) in [5.41, 5.74) is 5.66. The number of fused-ring (bicyclic) bond motifs is 4. The van der Waals surface area contributed by atoms with Crippen LogP contribution < -0.4 is 9.46 Å². The number of likely N-dealkylation sites (N-methyl/N-ethyl adjacent to an activating group) is 3. The Labute approximate surface area is 260 Å². The van der Waals surface area contributed by atoms with Crippen molar-refractivity contribution in [2.45, 2.75) is 51.0 Å². The molecule has 2 aromatic carbocycles. The summed E-state index contributed by atoms with van der Waals surface area (Å²) >= 11 is 0. The molecule has 6 rings (SSSR count). The van der Waals surface area contributed by atoms with Gasteiger partial charge in [-0.3, -0.25) is 9.59 Å². The number of carbonyl (C=O) groups is 2. The summed E-state index contributed by atoms with van der Waals surface area (Å²) < 4.78 is 37.5. The van der Waals surface area contributed by atoms with E-state index in [9.17, 15) is 18.0 Å². The van der Waals surface area contributed by atoms with Gasteiger partial charge in [-0.1, -0.05) is 25.3 Å². The third-order valence-electron chi connectivity index (χ3n) is 9.79. The lowest BCUT2D eigenvalue weighted by molar-refractivity contribution is -0.134. The summed E-state index contributed by atoms with van der Waals surface area (Å²) in [5, 5.41) is 1.06. The molecule has 1 saturated carbocycles. The van der Waals surface area contributed by atoms with Crippen molar-refractivity contribution in [2.24, 2.45) is 5.92 Å². The number of rotatable bonds is 2. The zero-order chi connectivity index (χ0) is 31.2. The molecule has 0 saturated heterocycles. The summed E-state index contributed by atoms with van der Waals surface area (Å²) in [7, 11) is 2.83. The first-order valence-corrected chi connectivity index (χ1v) is 17.1. The predicted molar refractivity (Wildman–Crippen MR) is 171 cm³/mol. The van der Waals surface area contributed by atoms with Gasteiger partial charge in [0, 0.05) is 68.8 Å². The summed E-state index contributed by atoms with van der Waals surface area (Å²) in [6, 6.07) is 11.7. The van der Waals surface area contributed by atoms with E-state index in [-0.39, 0.29) is 23.9 Å². The van der Waals surface area contributed by atoms with Gasteiger partial charge >= 0.3 is 10.2 Å². The number of nitrogens with one attached hydrogen (secondary N) is 1. The van der Waals surface area contributed by atoms with Gasteiger partial charge in [-0.2, -0.15) is 12.7 Å². The maximum absolute atomic E-state index is 14.1. The lowest BCUT2D eigenvalue weighted by Gasteiger charge is -2.27. The Bertz CT molecular complexity index is 1690. The van der Waals surface area contributed by atoms with Crippen molar-refractivity contribution >= 4 is 32.9 Å². The van der Waals surface area contributed by atoms with Crippen molar-refractivity contribution in [3.05, 3.63) is 53.1 Å². The normalized spacial score (nSPS) is 22.5. The standard InChI is InChI=1S/C33H43N5O5S/c1-35-14-16-36(2)33(40)25-18-24-19-26(43-4)11-13-27(24)31-30(22-8-6-5-7-9-22)28-12-10-23(20-29(28)38(31)21-25)32(39)34-44(41,42)37(3)17-15-35/h10-13,19-20,22,25H,5-9,14-18,21H2,1-4H3,(H,34,39)/t25-/m0/s1. The quantitative estimate of drug-likeness (QED) is 0.467. The van der Waals surface area contributed by atoms with Crippen LogP contribution in [0.1, 0.15) is 59.5 Å². The summed E-state index contributed by atoms with van der Waals surface area (Å²) in [6.07, 6.45) is 6.30. The topological polar surface area (TPSA) is 104 Å². The van der Waals surface area contributed by atoms with Crippen LogP contribution in [0.25, 0.3) is 22.2 Å². The van der Waals surface area contributed by atoms with Gasteiger partial charge in [0.2, 0.25) is 5.91 Å². The highest BCUT2D eigenvalue weighted by molar-refractivity contribution is 7.87. The van der Waals surface area contributed by atoms with E-state index in [0.29, 0.717) is 38.5 Å². The predicted octanol–water partition coefficient (Wildman–Crippen LogP) is 3.85. The average molecular weight is 622 g/mol. The van der Waals surface area contributed by atoms with Crippen LogP contribution in [0, 0.1) is 5.92 Å². The van der Waals surface area contributed by atoms with E-state index in [0.717, 1.165) is 50.6 Å². The largest absolute Gasteiger partial charge is 0.497 e. The molecule has 1 aliphatic carbocycles. The molecule has 3 aliphatic rings. The molecule has 1 N–H and O–H groups in total. The number of ether oxygens (including phenoxy) is 1. The molecular weight excluding hydrogens is 578 g/mol. The van der Waals surface area contributed by atoms with Crippen LogP contribution in [0.15, 0.2) is 36.4 Å². The van der Waals surface area contributed by atoms with Crippen LogP contribution in [0.4, 0.5) is 0 Å². The Hall–Kier alpha value is -3.41. The number of aromatic nitrogens is 1. The molecule has 44 heavy (non-hydrogen) atoms. The first-order chi connectivity index (χ1) is 21.1. The number of carbonyl (C=O) groups excluding carboxylic acids is 2. The average Bonchev–Trinajstić information content (AvgIpc) is 3.23. The molecule has 11 heteroatoms. The second-order valence-electron chi connectivity index (χ2n) is 12.7. The van der Waals surface area contributed by atoms with Crippen LogP contribution in [-0.2, 0) is 28.0 Å². The highest BCUT2D eigenvalue weighted by Crippen LogP contribution is 2.47. The van der Waals surface area contributed by atoms with E-state index >= 15 is 0 Å². The number of nitrogens with zero attached hydrogens (tertiary/aromatic N) is 4. The van der Waals surface area contributed by atoms with Gasteiger partial charge in [0.15, 0.2) is 0 Å². The smallest absolute Gasteiger partial charge is 0.303 e. The van der Waals surface area contributed by atoms with E-state index in [1.807, 2.05) is 37.2 Å². The van der Waals surface area contributed by atoms with Gasteiger partial charge in [0.05, 0.1) is 18.7 Å². The molecule has 0 unspecified atom stereocenters. The minimum absolute atomic E-state index is 0.0685. The van der Waals surface area contributed by atoms with Crippen molar-refractivity contribution in [1.29, 1.82) is 0 Å². The molecule has 1 atom stereocenters. The maximum Gasteiger partial charge on any atom is 0.303 e. The van der Waals surface area contributed by atoms with Crippen molar-refractivity contribution < 1.29 is 22.7 Å². The number of hydrogen-bond acceptors (Lipinski definition) is 6. The Morgan fingerprint density at radius 2 is 1.64 bits per heavy atom. The van der Waals surface area contributed by atoms with E-state index in [2.05, 4.69) is 21.4 Å². The maximum atomic E-state index is 14.1. The lowest BCUT2D eigenvalue weighted by atomic mass is 9.81. The molecule has 236 valence electrons. The number of methoxy groups -OCH3 is 1. The third kappa shape index (κ3) is 5.73. The van der Waals surface area contributed by atoms with Gasteiger partial charge in [0.25, 0.3) is 5.91 Å². The van der Waals surface area contributed by atoms with Crippen molar-refractivity contribution in [2.75, 3.05) is 54.4 Å². The molecule has 2 amide bonds. The fourth-order valence-corrected chi connectivity index (χ4v) is 7.98. The minimum atomic E-state index is -4.05. The van der Waals surface area contributed by atoms with Crippen molar-refractivity contribution in [3.63, 3.8) is 0 Å². The molecule has 2 aliphatic heterocycles. The molecule has 1 aromatic heterocycles. The lowest BCUT2D eigenvalue weighted by Crippen LogP contribution is -2.45. The second kappa shape index (κ2) is 12.2. The van der Waals surface area contributed by atoms with Gasteiger partial charge < -0.3 is 19.1 Å². The van der Waals surface area contributed by atoms with E-state index < -0.39 is 16.1 Å². The van der Waals surface area contributed by atoms with Crippen LogP contribution in [0.5, 0.6) is 5.75 Å². The molecule has 4 bridgehead atoms. The van der Waals surface area contributed by atoms with Crippen LogP contribution in [0.2, 0.25) is 0 Å². The molecule has 10 nitrogen and oxygen atoms in total. The van der Waals surface area contributed by atoms with Gasteiger partial charge in [-0.25, -0.2) is 4.72 Å². The monoisotopic (exact) mass is 621 g/mol. The SMILES string of the molecule is COc1ccc2c(c1)C[C@H]1Cn3c-2c(C2CCCCC2)c2ccc(cc23)C(=O)NS(=O)(=O)N(C)CCN(C)CCN(C)C1=O. The molecule has 1 fully saturated rings. The summed E-state index contributed by atoms with van der Waals surface area (Å²) in [6.45, 7) is 2.22. The van der Waals surface area contributed by atoms with Gasteiger partial charge in [-0.05, 0) is 73.7 Å². The van der Waals surface area contributed by atoms with E-state index in [1.165, 1.54) is 31.9 Å². The summed E-state index contributed by atoms with van der Waals surface area (Å²) in [5.74, 6) is 0.186. The molecule has 3 aromatic rings. The number of hydrogen-bond donors (Lipinski definition) is 1. The molecule has 0 radical (unpaired) electrons. The van der Waals surface area contributed by atoms with Gasteiger partial charge in [0.1, 0.15) is 5.75 Å². The highest BCUT2D eigenvalue weighted by atomic mass is 32.2. The number of amides is 2. The van der Waals surface area contributed by atoms with Crippen molar-refractivity contribution in [1.82, 2.24) is 23.4 Å². The van der Waals surface area contributed by atoms with E-state index in [4.69, 9.17) is 4.74 Å². The molecule has 0 spiro atoms. The summed E-state index contributed by atoms with van der Waals surface area (Å²) in [4.78, 5) is 31.4. The van der Waals surface area contributed by atoms with Gasteiger partial charge in [-0.15, -0.1) is 0 Å². The highest BCUT2D eigenvalue weighted by Gasteiger charge is 2.34. The first-order valence-electron chi connectivity index (χ1n) is 15.6.